The van der Waals surface area contributed by atoms with Crippen molar-refractivity contribution in [3.8, 4) is 5.75 Å². The third-order valence-electron chi connectivity index (χ3n) is 4.11. The molecule has 1 N–H and O–H groups in total. The zero-order valence-electron chi connectivity index (χ0n) is 14.3. The fourth-order valence-corrected chi connectivity index (χ4v) is 2.98. The molecule has 0 radical (unpaired) electrons. The second kappa shape index (κ2) is 5.62. The van der Waals surface area contributed by atoms with Crippen LogP contribution in [0.1, 0.15) is 59.1 Å². The molecule has 0 bridgehead atoms. The maximum Gasteiger partial charge on any atom is 0.134 e. The van der Waals surface area contributed by atoms with Gasteiger partial charge in [-0.05, 0) is 57.9 Å². The van der Waals surface area contributed by atoms with Crippen molar-refractivity contribution in [2.75, 3.05) is 0 Å². The lowest BCUT2D eigenvalue weighted by molar-refractivity contribution is 0.0735. The lowest BCUT2D eigenvalue weighted by Crippen LogP contribution is -2.53. The van der Waals surface area contributed by atoms with Gasteiger partial charge in [0.25, 0.3) is 0 Å². The number of furan rings is 1. The Hall–Kier alpha value is -1.48. The van der Waals surface area contributed by atoms with Crippen LogP contribution >= 0.6 is 0 Å². The van der Waals surface area contributed by atoms with Crippen LogP contribution in [-0.2, 0) is 0 Å². The van der Waals surface area contributed by atoms with Crippen LogP contribution in [0.25, 0.3) is 11.0 Å². The molecule has 0 aliphatic heterocycles. The number of rotatable bonds is 4. The summed E-state index contributed by atoms with van der Waals surface area (Å²) in [4.78, 5) is 0. The van der Waals surface area contributed by atoms with Gasteiger partial charge in [0.1, 0.15) is 23.2 Å². The lowest BCUT2D eigenvalue weighted by atomic mass is 9.87. The summed E-state index contributed by atoms with van der Waals surface area (Å²) in [5.74, 6) is 2.39. The molecule has 0 unspecified atom stereocenters. The molecule has 0 atom stereocenters. The van der Waals surface area contributed by atoms with Crippen molar-refractivity contribution in [3.63, 3.8) is 0 Å². The first kappa shape index (κ1) is 15.4. The predicted molar refractivity (Wildman–Crippen MR) is 90.6 cm³/mol. The van der Waals surface area contributed by atoms with Gasteiger partial charge in [-0.3, -0.25) is 0 Å². The van der Waals surface area contributed by atoms with Crippen molar-refractivity contribution in [2.45, 2.75) is 71.1 Å². The Morgan fingerprint density at radius 3 is 2.55 bits per heavy atom. The van der Waals surface area contributed by atoms with Gasteiger partial charge in [-0.2, -0.15) is 0 Å². The molecule has 120 valence electrons. The Kier molecular flexibility index (Phi) is 3.94. The van der Waals surface area contributed by atoms with E-state index in [2.05, 4.69) is 52.1 Å². The Labute approximate surface area is 133 Å². The van der Waals surface area contributed by atoms with Gasteiger partial charge in [0.2, 0.25) is 0 Å². The molecule has 1 aromatic heterocycles. The summed E-state index contributed by atoms with van der Waals surface area (Å²) in [6.07, 6.45) is 2.49. The monoisotopic (exact) mass is 301 g/mol. The number of hydrogen-bond donors (Lipinski definition) is 1. The second-order valence-corrected chi connectivity index (χ2v) is 7.81. The largest absolute Gasteiger partial charge is 0.490 e. The standard InChI is InChI=1S/C19H27NO2/c1-12(2)18-9-13-8-15(6-7-17(13)22-18)21-16-10-14(11-16)20-19(3,4)5/h6-9,12,14,16,20H,10-11H2,1-5H3/t14-,16+. The Balaban J connectivity index is 1.61. The van der Waals surface area contributed by atoms with E-state index < -0.39 is 0 Å². The first-order chi connectivity index (χ1) is 10.3. The van der Waals surface area contributed by atoms with Crippen LogP contribution in [0.15, 0.2) is 28.7 Å². The molecule has 1 heterocycles. The zero-order chi connectivity index (χ0) is 15.9. The van der Waals surface area contributed by atoms with Gasteiger partial charge >= 0.3 is 0 Å². The van der Waals surface area contributed by atoms with Gasteiger partial charge in [-0.15, -0.1) is 0 Å². The quantitative estimate of drug-likeness (QED) is 0.876. The van der Waals surface area contributed by atoms with Crippen molar-refractivity contribution in [1.82, 2.24) is 5.32 Å². The van der Waals surface area contributed by atoms with Crippen LogP contribution in [0.3, 0.4) is 0 Å². The average Bonchev–Trinajstić information content (AvgIpc) is 2.78. The fourth-order valence-electron chi connectivity index (χ4n) is 2.98. The molecule has 3 nitrogen and oxygen atoms in total. The molecule has 1 saturated carbocycles. The summed E-state index contributed by atoms with van der Waals surface area (Å²) in [5, 5.41) is 4.75. The summed E-state index contributed by atoms with van der Waals surface area (Å²) in [6.45, 7) is 10.9. The van der Waals surface area contributed by atoms with Crippen molar-refractivity contribution in [3.05, 3.63) is 30.0 Å². The minimum atomic E-state index is 0.179. The minimum absolute atomic E-state index is 0.179. The van der Waals surface area contributed by atoms with E-state index in [0.29, 0.717) is 18.1 Å². The van der Waals surface area contributed by atoms with Crippen molar-refractivity contribution in [1.29, 1.82) is 0 Å². The molecule has 3 heteroatoms. The summed E-state index contributed by atoms with van der Waals surface area (Å²) in [6, 6.07) is 8.82. The summed E-state index contributed by atoms with van der Waals surface area (Å²) in [5.41, 5.74) is 1.12. The van der Waals surface area contributed by atoms with Gasteiger partial charge < -0.3 is 14.5 Å². The highest BCUT2D eigenvalue weighted by Gasteiger charge is 2.33. The van der Waals surface area contributed by atoms with Crippen molar-refractivity contribution < 1.29 is 9.15 Å². The summed E-state index contributed by atoms with van der Waals surface area (Å²) in [7, 11) is 0. The van der Waals surface area contributed by atoms with Crippen LogP contribution in [0.5, 0.6) is 5.75 Å². The highest BCUT2D eigenvalue weighted by atomic mass is 16.5. The van der Waals surface area contributed by atoms with Gasteiger partial charge in [0.05, 0.1) is 0 Å². The van der Waals surface area contributed by atoms with E-state index in [0.717, 1.165) is 35.3 Å². The summed E-state index contributed by atoms with van der Waals surface area (Å²) < 4.78 is 11.9. The Morgan fingerprint density at radius 2 is 1.91 bits per heavy atom. The van der Waals surface area contributed by atoms with E-state index in [1.165, 1.54) is 0 Å². The maximum absolute atomic E-state index is 6.09. The highest BCUT2D eigenvalue weighted by Crippen LogP contribution is 2.31. The molecule has 1 aliphatic rings. The molecule has 1 aromatic carbocycles. The Bertz CT molecular complexity index is 645. The molecular formula is C19H27NO2. The highest BCUT2D eigenvalue weighted by molar-refractivity contribution is 5.79. The predicted octanol–water partition coefficient (Wildman–Crippen LogP) is 4.85. The molecule has 0 spiro atoms. The van der Waals surface area contributed by atoms with Crippen molar-refractivity contribution in [2.24, 2.45) is 0 Å². The molecule has 3 rings (SSSR count). The van der Waals surface area contributed by atoms with Crippen LogP contribution < -0.4 is 10.1 Å². The number of benzene rings is 1. The fraction of sp³-hybridized carbons (Fsp3) is 0.579. The van der Waals surface area contributed by atoms with Crippen LogP contribution in [0, 0.1) is 0 Å². The molecular weight excluding hydrogens is 274 g/mol. The lowest BCUT2D eigenvalue weighted by Gasteiger charge is -2.40. The minimum Gasteiger partial charge on any atom is -0.490 e. The first-order valence-corrected chi connectivity index (χ1v) is 8.28. The summed E-state index contributed by atoms with van der Waals surface area (Å²) >= 11 is 0. The van der Waals surface area contributed by atoms with Crippen molar-refractivity contribution >= 4 is 11.0 Å². The number of fused-ring (bicyclic) bond motifs is 1. The topological polar surface area (TPSA) is 34.4 Å². The van der Waals surface area contributed by atoms with E-state index >= 15 is 0 Å². The smallest absolute Gasteiger partial charge is 0.134 e. The molecule has 0 amide bonds. The van der Waals surface area contributed by atoms with Crippen LogP contribution in [0.2, 0.25) is 0 Å². The van der Waals surface area contributed by atoms with E-state index in [-0.39, 0.29) is 5.54 Å². The molecule has 0 saturated heterocycles. The van der Waals surface area contributed by atoms with Gasteiger partial charge in [-0.1, -0.05) is 13.8 Å². The van der Waals surface area contributed by atoms with Crippen LogP contribution in [0.4, 0.5) is 0 Å². The van der Waals surface area contributed by atoms with Crippen LogP contribution in [-0.4, -0.2) is 17.7 Å². The first-order valence-electron chi connectivity index (χ1n) is 8.28. The molecule has 1 aliphatic carbocycles. The normalized spacial score (nSPS) is 22.1. The number of hydrogen-bond acceptors (Lipinski definition) is 3. The average molecular weight is 301 g/mol. The van der Waals surface area contributed by atoms with Gasteiger partial charge in [0, 0.05) is 22.9 Å². The number of ether oxygens (including phenoxy) is 1. The van der Waals surface area contributed by atoms with Gasteiger partial charge in [0.15, 0.2) is 0 Å². The van der Waals surface area contributed by atoms with E-state index in [4.69, 9.17) is 9.15 Å². The van der Waals surface area contributed by atoms with E-state index in [1.54, 1.807) is 0 Å². The maximum atomic E-state index is 6.09. The Morgan fingerprint density at radius 1 is 1.18 bits per heavy atom. The third-order valence-corrected chi connectivity index (χ3v) is 4.11. The molecule has 1 fully saturated rings. The second-order valence-electron chi connectivity index (χ2n) is 7.81. The molecule has 22 heavy (non-hydrogen) atoms. The van der Waals surface area contributed by atoms with Gasteiger partial charge in [-0.25, -0.2) is 0 Å². The third kappa shape index (κ3) is 3.46. The van der Waals surface area contributed by atoms with E-state index in [1.807, 2.05) is 12.1 Å². The zero-order valence-corrected chi connectivity index (χ0v) is 14.3. The number of nitrogens with one attached hydrogen (secondary N) is 1. The van der Waals surface area contributed by atoms with E-state index in [9.17, 15) is 0 Å². The SMILES string of the molecule is CC(C)c1cc2cc(O[C@H]3C[C@@H](NC(C)(C)C)C3)ccc2o1. The molecule has 2 aromatic rings.